The number of benzene rings is 3. The van der Waals surface area contributed by atoms with Crippen molar-refractivity contribution in [2.24, 2.45) is 5.92 Å². The van der Waals surface area contributed by atoms with Crippen LogP contribution >= 0.6 is 0 Å². The minimum Gasteiger partial charge on any atom is -0.457 e. The number of para-hydroxylation sites is 1. The van der Waals surface area contributed by atoms with Crippen molar-refractivity contribution in [3.8, 4) is 22.8 Å². The topological polar surface area (TPSA) is 164 Å². The minimum atomic E-state index is -0.681. The van der Waals surface area contributed by atoms with E-state index in [2.05, 4.69) is 35.0 Å². The lowest BCUT2D eigenvalue weighted by Gasteiger charge is -2.43. The number of hydrogen-bond acceptors (Lipinski definition) is 11. The molecule has 14 heteroatoms. The predicted molar refractivity (Wildman–Crippen MR) is 226 cm³/mol. The number of carbonyl (C=O) groups excluding carboxylic acids is 3. The van der Waals surface area contributed by atoms with Crippen LogP contribution in [0.25, 0.3) is 22.3 Å². The molecule has 2 aromatic heterocycles. The lowest BCUT2D eigenvalue weighted by Crippen LogP contribution is -2.52. The summed E-state index contributed by atoms with van der Waals surface area (Å²) < 4.78 is 8.15. The fourth-order valence-electron chi connectivity index (χ4n) is 9.37. The molecule has 0 radical (unpaired) electrons. The second kappa shape index (κ2) is 17.2. The monoisotopic (exact) mass is 796 g/mol. The maximum absolute atomic E-state index is 12.8. The van der Waals surface area contributed by atoms with E-state index < -0.39 is 11.9 Å². The molecule has 6 heterocycles. The van der Waals surface area contributed by atoms with Gasteiger partial charge in [0.2, 0.25) is 11.8 Å². The second-order valence-electron chi connectivity index (χ2n) is 16.5. The van der Waals surface area contributed by atoms with E-state index in [-0.39, 0.29) is 24.3 Å². The molecule has 4 saturated heterocycles. The van der Waals surface area contributed by atoms with E-state index in [1.165, 1.54) is 12.8 Å². The molecule has 3 amide bonds. The normalized spacial score (nSPS) is 21.4. The number of piperidine rings is 4. The Kier molecular flexibility index (Phi) is 11.2. The smallest absolute Gasteiger partial charge is 0.251 e. The number of fused-ring (bicyclic) bond motifs is 1. The number of amides is 3. The Balaban J connectivity index is 0.760. The van der Waals surface area contributed by atoms with Crippen LogP contribution in [0.5, 0.6) is 11.5 Å². The van der Waals surface area contributed by atoms with Gasteiger partial charge in [-0.05, 0) is 131 Å². The molecular weight excluding hydrogens is 745 g/mol. The van der Waals surface area contributed by atoms with Crippen LogP contribution in [-0.4, -0.2) is 105 Å². The Morgan fingerprint density at radius 3 is 2.31 bits per heavy atom. The summed E-state index contributed by atoms with van der Waals surface area (Å²) in [5.74, 6) is 1.62. The van der Waals surface area contributed by atoms with Gasteiger partial charge in [0.1, 0.15) is 35.4 Å². The van der Waals surface area contributed by atoms with Gasteiger partial charge in [0, 0.05) is 55.5 Å². The fourth-order valence-corrected chi connectivity index (χ4v) is 9.37. The third-order valence-corrected chi connectivity index (χ3v) is 12.6. The van der Waals surface area contributed by atoms with Gasteiger partial charge in [-0.25, -0.2) is 14.6 Å². The molecule has 9 rings (SSSR count). The number of ether oxygens (including phenoxy) is 1. The number of imide groups is 1. The molecule has 3 aromatic carbocycles. The lowest BCUT2D eigenvalue weighted by atomic mass is 9.93. The molecular formula is C45H52N10O4. The number of rotatable bonds is 10. The van der Waals surface area contributed by atoms with Crippen LogP contribution in [0.4, 0.5) is 11.5 Å². The van der Waals surface area contributed by atoms with Gasteiger partial charge in [-0.15, -0.1) is 0 Å². The summed E-state index contributed by atoms with van der Waals surface area (Å²) in [4.78, 5) is 53.1. The standard InChI is InChI=1S/C45H52N10O4/c46-42-40-41(31-10-14-37(15-11-31)59-36-6-2-1-3-7-36)51-55(43(40)48-29-47-42)35-5-4-22-54(28-35)34-20-23-52(24-21-34)27-30-18-25-53(26-19-30)33-12-8-32(9-13-33)44(57)49-38-16-17-39(56)50-45(38)58/h1-3,6-15,29-30,34-35,38H,4-5,16-28H2,(H,49,57)(H2,46,47,48)(H,50,56,58)/t35-,38?/m0/s1. The van der Waals surface area contributed by atoms with E-state index in [1.807, 2.05) is 78.9 Å². The van der Waals surface area contributed by atoms with Gasteiger partial charge >= 0.3 is 0 Å². The molecule has 0 aliphatic carbocycles. The first-order valence-corrected chi connectivity index (χ1v) is 21.1. The SMILES string of the molecule is Nc1ncnc2c1c(-c1ccc(Oc3ccccc3)cc1)nn2[C@H]1CCCN(C2CCN(CC3CCN(c4ccc(C(=O)NC5CCC(=O)NC5=O)cc4)CC3)CC2)C1. The number of nitrogens with two attached hydrogens (primary N) is 1. The van der Waals surface area contributed by atoms with Gasteiger partial charge < -0.3 is 25.6 Å². The molecule has 2 atom stereocenters. The van der Waals surface area contributed by atoms with Crippen molar-refractivity contribution in [2.75, 3.05) is 56.4 Å². The van der Waals surface area contributed by atoms with E-state index in [9.17, 15) is 14.4 Å². The number of hydrogen-bond donors (Lipinski definition) is 3. The van der Waals surface area contributed by atoms with Crippen molar-refractivity contribution in [1.29, 1.82) is 0 Å². The van der Waals surface area contributed by atoms with Gasteiger partial charge in [-0.2, -0.15) is 5.10 Å². The van der Waals surface area contributed by atoms with Crippen LogP contribution in [0.1, 0.15) is 67.8 Å². The summed E-state index contributed by atoms with van der Waals surface area (Å²) in [5, 5.41) is 11.0. The first-order valence-electron chi connectivity index (χ1n) is 21.1. The number of aromatic nitrogens is 4. The van der Waals surface area contributed by atoms with Crippen molar-refractivity contribution in [1.82, 2.24) is 40.2 Å². The number of nitrogens with zero attached hydrogens (tertiary/aromatic N) is 7. The summed E-state index contributed by atoms with van der Waals surface area (Å²) in [6.07, 6.45) is 8.89. The van der Waals surface area contributed by atoms with Gasteiger partial charge in [-0.1, -0.05) is 18.2 Å². The van der Waals surface area contributed by atoms with E-state index >= 15 is 0 Å². The Morgan fingerprint density at radius 2 is 1.56 bits per heavy atom. The number of nitrogen functional groups attached to an aromatic ring is 1. The second-order valence-corrected chi connectivity index (χ2v) is 16.5. The number of anilines is 2. The zero-order valence-corrected chi connectivity index (χ0v) is 33.3. The molecule has 0 saturated carbocycles. The lowest BCUT2D eigenvalue weighted by molar-refractivity contribution is -0.134. The van der Waals surface area contributed by atoms with Crippen molar-refractivity contribution in [2.45, 2.75) is 69.5 Å². The number of nitrogens with one attached hydrogen (secondary N) is 2. The molecule has 4 N–H and O–H groups in total. The fraction of sp³-hybridized carbons (Fsp3) is 0.422. The number of likely N-dealkylation sites (tertiary alicyclic amines) is 2. The summed E-state index contributed by atoms with van der Waals surface area (Å²) in [6.45, 7) is 7.42. The molecule has 0 spiro atoms. The highest BCUT2D eigenvalue weighted by atomic mass is 16.5. The summed E-state index contributed by atoms with van der Waals surface area (Å²) in [7, 11) is 0. The zero-order valence-electron chi connectivity index (χ0n) is 33.3. The molecule has 1 unspecified atom stereocenters. The zero-order chi connectivity index (χ0) is 40.3. The van der Waals surface area contributed by atoms with Gasteiger partial charge in [0.25, 0.3) is 5.91 Å². The third kappa shape index (κ3) is 8.64. The van der Waals surface area contributed by atoms with Crippen LogP contribution in [0.2, 0.25) is 0 Å². The van der Waals surface area contributed by atoms with E-state index in [1.54, 1.807) is 6.33 Å². The van der Waals surface area contributed by atoms with Gasteiger partial charge in [0.15, 0.2) is 5.65 Å². The van der Waals surface area contributed by atoms with Crippen molar-refractivity contribution < 1.29 is 19.1 Å². The summed E-state index contributed by atoms with van der Waals surface area (Å²) >= 11 is 0. The molecule has 59 heavy (non-hydrogen) atoms. The molecule has 0 bridgehead atoms. The largest absolute Gasteiger partial charge is 0.457 e. The Hall–Kier alpha value is -5.86. The van der Waals surface area contributed by atoms with Crippen LogP contribution in [0, 0.1) is 5.92 Å². The Morgan fingerprint density at radius 1 is 0.814 bits per heavy atom. The number of carbonyl (C=O) groups is 3. The molecule has 5 aromatic rings. The highest BCUT2D eigenvalue weighted by Crippen LogP contribution is 2.36. The third-order valence-electron chi connectivity index (χ3n) is 12.6. The summed E-state index contributed by atoms with van der Waals surface area (Å²) in [6, 6.07) is 25.4. The molecule has 14 nitrogen and oxygen atoms in total. The molecule has 4 aliphatic heterocycles. The molecule has 4 aliphatic rings. The van der Waals surface area contributed by atoms with Crippen LogP contribution < -0.4 is 26.0 Å². The van der Waals surface area contributed by atoms with Crippen molar-refractivity contribution in [3.63, 3.8) is 0 Å². The van der Waals surface area contributed by atoms with Crippen LogP contribution in [0.15, 0.2) is 85.2 Å². The first kappa shape index (κ1) is 38.6. The van der Waals surface area contributed by atoms with Crippen LogP contribution in [0.3, 0.4) is 0 Å². The minimum absolute atomic E-state index is 0.199. The van der Waals surface area contributed by atoms with Crippen molar-refractivity contribution >= 4 is 40.3 Å². The average Bonchev–Trinajstić information content (AvgIpc) is 3.67. The van der Waals surface area contributed by atoms with E-state index in [0.29, 0.717) is 29.8 Å². The Bertz CT molecular complexity index is 2270. The molecule has 306 valence electrons. The quantitative estimate of drug-likeness (QED) is 0.155. The van der Waals surface area contributed by atoms with Gasteiger partial charge in [-0.3, -0.25) is 24.6 Å². The van der Waals surface area contributed by atoms with Gasteiger partial charge in [0.05, 0.1) is 11.4 Å². The molecule has 4 fully saturated rings. The maximum Gasteiger partial charge on any atom is 0.251 e. The highest BCUT2D eigenvalue weighted by molar-refractivity contribution is 6.04. The van der Waals surface area contributed by atoms with E-state index in [0.717, 1.165) is 111 Å². The first-order chi connectivity index (χ1) is 28.8. The maximum atomic E-state index is 12.8. The summed E-state index contributed by atoms with van der Waals surface area (Å²) in [5.41, 5.74) is 10.7. The van der Waals surface area contributed by atoms with Crippen molar-refractivity contribution in [3.05, 3.63) is 90.8 Å². The highest BCUT2D eigenvalue weighted by Gasteiger charge is 2.33. The Labute approximate surface area is 344 Å². The average molecular weight is 797 g/mol. The van der Waals surface area contributed by atoms with Crippen LogP contribution in [-0.2, 0) is 9.59 Å². The predicted octanol–water partition coefficient (Wildman–Crippen LogP) is 5.42. The van der Waals surface area contributed by atoms with E-state index in [4.69, 9.17) is 20.6 Å².